The molecular weight excluding hydrogens is 148 g/mol. The Kier molecular flexibility index (Phi) is 12.0. The van der Waals surface area contributed by atoms with E-state index in [-0.39, 0.29) is 29.7 Å². The molecule has 1 aromatic carbocycles. The average molecular weight is 160 g/mol. The van der Waals surface area contributed by atoms with Crippen molar-refractivity contribution in [2.24, 2.45) is 0 Å². The molecule has 0 bridgehead atoms. The van der Waals surface area contributed by atoms with Crippen molar-refractivity contribution in [3.05, 3.63) is 49.7 Å². The Morgan fingerprint density at radius 2 is 1.55 bits per heavy atom. The monoisotopic (exact) mass is 160 g/mol. The van der Waals surface area contributed by atoms with E-state index >= 15 is 0 Å². The van der Waals surface area contributed by atoms with Gasteiger partial charge in [0.15, 0.2) is 0 Å². The summed E-state index contributed by atoms with van der Waals surface area (Å²) in [5.41, 5.74) is 1.07. The van der Waals surface area contributed by atoms with E-state index in [4.69, 9.17) is 5.11 Å². The van der Waals surface area contributed by atoms with E-state index in [1.165, 1.54) is 0 Å². The summed E-state index contributed by atoms with van der Waals surface area (Å²) < 4.78 is 0. The second-order valence-corrected chi connectivity index (χ2v) is 1.71. The number of hydrogen-bond acceptors (Lipinski definition) is 1. The van der Waals surface area contributed by atoms with Crippen molar-refractivity contribution >= 4 is 23.1 Å². The van der Waals surface area contributed by atoms with Crippen LogP contribution in [-0.4, -0.2) is 34.8 Å². The molecule has 0 aliphatic rings. The molecule has 0 radical (unpaired) electrons. The van der Waals surface area contributed by atoms with E-state index in [2.05, 4.69) is 13.8 Å². The summed E-state index contributed by atoms with van der Waals surface area (Å²) >= 11 is 0. The van der Waals surface area contributed by atoms with Gasteiger partial charge in [-0.05, 0) is 0 Å². The SMILES string of the molecule is [CH2-]CO.[CH2-]c1ccccc1.[Mg+2]. The molecule has 0 saturated carbocycles. The van der Waals surface area contributed by atoms with Crippen LogP contribution in [0.25, 0.3) is 0 Å². The van der Waals surface area contributed by atoms with Gasteiger partial charge in [0.25, 0.3) is 0 Å². The van der Waals surface area contributed by atoms with E-state index in [0.717, 1.165) is 5.56 Å². The second-order valence-electron chi connectivity index (χ2n) is 1.71. The van der Waals surface area contributed by atoms with E-state index in [1.54, 1.807) is 0 Å². The molecule has 0 saturated heterocycles. The van der Waals surface area contributed by atoms with Gasteiger partial charge in [-0.25, -0.2) is 0 Å². The molecule has 0 spiro atoms. The molecule has 1 rings (SSSR count). The van der Waals surface area contributed by atoms with Crippen LogP contribution in [0.2, 0.25) is 0 Å². The van der Waals surface area contributed by atoms with Gasteiger partial charge in [-0.3, -0.25) is 0 Å². The molecule has 0 aliphatic carbocycles. The topological polar surface area (TPSA) is 20.2 Å². The van der Waals surface area contributed by atoms with E-state index < -0.39 is 0 Å². The smallest absolute Gasteiger partial charge is 0.428 e. The fourth-order valence-electron chi connectivity index (χ4n) is 0.478. The van der Waals surface area contributed by atoms with Gasteiger partial charge in [0, 0.05) is 0 Å². The minimum atomic E-state index is 0. The number of aliphatic hydroxyl groups excluding tert-OH is 1. The minimum absolute atomic E-state index is 0. The maximum Gasteiger partial charge on any atom is 2.00 e. The normalized spacial score (nSPS) is 7.09. The van der Waals surface area contributed by atoms with Gasteiger partial charge in [-0.2, -0.15) is 24.6 Å². The van der Waals surface area contributed by atoms with Gasteiger partial charge < -0.3 is 12.0 Å². The molecule has 1 nitrogen and oxygen atoms in total. The predicted octanol–water partition coefficient (Wildman–Crippen LogP) is 1.30. The zero-order valence-electron chi connectivity index (χ0n) is 6.66. The van der Waals surface area contributed by atoms with Gasteiger partial charge in [0.2, 0.25) is 0 Å². The first-order valence-corrected chi connectivity index (χ1v) is 3.08. The second kappa shape index (κ2) is 9.82. The first kappa shape index (κ1) is 13.4. The van der Waals surface area contributed by atoms with Crippen LogP contribution in [0.4, 0.5) is 0 Å². The van der Waals surface area contributed by atoms with Crippen LogP contribution in [0.3, 0.4) is 0 Å². The summed E-state index contributed by atoms with van der Waals surface area (Å²) in [5, 5.41) is 7.46. The summed E-state index contributed by atoms with van der Waals surface area (Å²) in [7, 11) is 0. The molecule has 1 N–H and O–H groups in total. The first-order valence-electron chi connectivity index (χ1n) is 3.08. The van der Waals surface area contributed by atoms with Gasteiger partial charge in [-0.1, -0.05) is 12.7 Å². The molecule has 0 aliphatic heterocycles. The Hall–Kier alpha value is -0.184. The van der Waals surface area contributed by atoms with E-state index in [0.29, 0.717) is 0 Å². The van der Waals surface area contributed by atoms with Gasteiger partial charge in [0.1, 0.15) is 0 Å². The Morgan fingerprint density at radius 3 is 1.73 bits per heavy atom. The Morgan fingerprint density at radius 1 is 1.18 bits per heavy atom. The number of benzene rings is 1. The van der Waals surface area contributed by atoms with Crippen LogP contribution in [0.5, 0.6) is 0 Å². The van der Waals surface area contributed by atoms with Gasteiger partial charge in [0.05, 0.1) is 0 Å². The molecule has 2 heteroatoms. The van der Waals surface area contributed by atoms with Crippen molar-refractivity contribution in [1.29, 1.82) is 0 Å². The average Bonchev–Trinajstić information content (AvgIpc) is 1.91. The third-order valence-electron chi connectivity index (χ3n) is 0.843. The molecule has 56 valence electrons. The zero-order valence-corrected chi connectivity index (χ0v) is 8.08. The maximum atomic E-state index is 7.46. The Labute approximate surface area is 84.6 Å². The maximum absolute atomic E-state index is 7.46. The largest absolute Gasteiger partial charge is 2.00 e. The van der Waals surface area contributed by atoms with Crippen LogP contribution in [0, 0.1) is 13.8 Å². The van der Waals surface area contributed by atoms with E-state index in [9.17, 15) is 0 Å². The van der Waals surface area contributed by atoms with Crippen molar-refractivity contribution in [3.63, 3.8) is 0 Å². The predicted molar refractivity (Wildman–Crippen MR) is 49.1 cm³/mol. The molecule has 0 fully saturated rings. The van der Waals surface area contributed by atoms with Crippen LogP contribution in [0.15, 0.2) is 30.3 Å². The summed E-state index contributed by atoms with van der Waals surface area (Å²) in [5.74, 6) is 0. The quantitative estimate of drug-likeness (QED) is 0.448. The van der Waals surface area contributed by atoms with Crippen molar-refractivity contribution in [2.45, 2.75) is 0 Å². The third-order valence-corrected chi connectivity index (χ3v) is 0.843. The first-order chi connectivity index (χ1) is 4.81. The van der Waals surface area contributed by atoms with Gasteiger partial charge >= 0.3 is 23.1 Å². The molecule has 0 amide bonds. The van der Waals surface area contributed by atoms with Crippen molar-refractivity contribution in [3.8, 4) is 0 Å². The molecule has 11 heavy (non-hydrogen) atoms. The Bertz CT molecular complexity index is 151. The Balaban J connectivity index is 0. The summed E-state index contributed by atoms with van der Waals surface area (Å²) in [6.45, 7) is 6.76. The van der Waals surface area contributed by atoms with Crippen LogP contribution in [0.1, 0.15) is 5.56 Å². The zero-order chi connectivity index (χ0) is 7.82. The van der Waals surface area contributed by atoms with Crippen molar-refractivity contribution in [2.75, 3.05) is 6.61 Å². The molecule has 0 atom stereocenters. The minimum Gasteiger partial charge on any atom is -0.428 e. The summed E-state index contributed by atoms with van der Waals surface area (Å²) in [6, 6.07) is 9.87. The van der Waals surface area contributed by atoms with Crippen molar-refractivity contribution in [1.82, 2.24) is 0 Å². The summed E-state index contributed by atoms with van der Waals surface area (Å²) in [6.07, 6.45) is 0. The fraction of sp³-hybridized carbons (Fsp3) is 0.111. The molecule has 0 heterocycles. The van der Waals surface area contributed by atoms with Crippen LogP contribution < -0.4 is 0 Å². The van der Waals surface area contributed by atoms with E-state index in [1.807, 2.05) is 30.3 Å². The number of hydrogen-bond donors (Lipinski definition) is 1. The third kappa shape index (κ3) is 9.82. The number of rotatable bonds is 0. The molecular formula is C9H12MgO. The molecule has 0 unspecified atom stereocenters. The van der Waals surface area contributed by atoms with Crippen LogP contribution in [-0.2, 0) is 0 Å². The van der Waals surface area contributed by atoms with Crippen LogP contribution >= 0.6 is 0 Å². The number of aliphatic hydroxyl groups is 1. The summed E-state index contributed by atoms with van der Waals surface area (Å²) in [4.78, 5) is 0. The van der Waals surface area contributed by atoms with Gasteiger partial charge in [-0.15, -0.1) is 12.1 Å². The fourth-order valence-corrected chi connectivity index (χ4v) is 0.478. The van der Waals surface area contributed by atoms with Crippen molar-refractivity contribution < 1.29 is 5.11 Å². The standard InChI is InChI=1S/C7H7.C2H5O.Mg/c1-7-5-3-2-4-6-7;1-2-3;/h2-6H,1H2;3H,1-2H2;/q2*-1;+2. The molecule has 0 aromatic heterocycles. The molecule has 1 aromatic rings.